The third kappa shape index (κ3) is 2.43. The van der Waals surface area contributed by atoms with Gasteiger partial charge in [0.2, 0.25) is 0 Å². The van der Waals surface area contributed by atoms with E-state index in [0.29, 0.717) is 6.54 Å². The van der Waals surface area contributed by atoms with Crippen molar-refractivity contribution in [3.8, 4) is 0 Å². The van der Waals surface area contributed by atoms with Gasteiger partial charge in [0, 0.05) is 4.88 Å². The molecule has 1 rings (SSSR count). The van der Waals surface area contributed by atoms with Gasteiger partial charge in [0.25, 0.3) is 0 Å². The standard InChI is InChI=1S/C9H13NOS/c1-7-4-5-9(12-7)8(11)6-10(2)3/h4-5H,6H2,1-3H3. The van der Waals surface area contributed by atoms with Crippen molar-refractivity contribution in [1.29, 1.82) is 0 Å². The van der Waals surface area contributed by atoms with Crippen molar-refractivity contribution in [1.82, 2.24) is 4.90 Å². The molecule has 0 fully saturated rings. The molecule has 2 nitrogen and oxygen atoms in total. The van der Waals surface area contributed by atoms with Gasteiger partial charge in [-0.3, -0.25) is 4.79 Å². The highest BCUT2D eigenvalue weighted by atomic mass is 32.1. The fourth-order valence-corrected chi connectivity index (χ4v) is 1.75. The summed E-state index contributed by atoms with van der Waals surface area (Å²) in [6, 6.07) is 3.87. The quantitative estimate of drug-likeness (QED) is 0.666. The first-order chi connectivity index (χ1) is 5.59. The largest absolute Gasteiger partial charge is 0.302 e. The maximum atomic E-state index is 11.4. The fourth-order valence-electron chi connectivity index (χ4n) is 0.950. The molecule has 0 aliphatic rings. The van der Waals surface area contributed by atoms with E-state index in [1.165, 1.54) is 4.88 Å². The van der Waals surface area contributed by atoms with Crippen molar-refractivity contribution in [2.75, 3.05) is 20.6 Å². The van der Waals surface area contributed by atoms with Gasteiger partial charge < -0.3 is 4.90 Å². The minimum absolute atomic E-state index is 0.207. The van der Waals surface area contributed by atoms with Crippen molar-refractivity contribution in [2.45, 2.75) is 6.92 Å². The number of Topliss-reactive ketones (excluding diaryl/α,β-unsaturated/α-hetero) is 1. The number of likely N-dealkylation sites (N-methyl/N-ethyl adjacent to an activating group) is 1. The zero-order chi connectivity index (χ0) is 9.14. The van der Waals surface area contributed by atoms with E-state index < -0.39 is 0 Å². The van der Waals surface area contributed by atoms with E-state index in [4.69, 9.17) is 0 Å². The Morgan fingerprint density at radius 2 is 2.17 bits per heavy atom. The molecule has 12 heavy (non-hydrogen) atoms. The Morgan fingerprint density at radius 1 is 1.50 bits per heavy atom. The number of hydrogen-bond donors (Lipinski definition) is 0. The summed E-state index contributed by atoms with van der Waals surface area (Å²) in [7, 11) is 3.80. The number of ketones is 1. The first-order valence-corrected chi connectivity index (χ1v) is 4.65. The average Bonchev–Trinajstić information content (AvgIpc) is 2.34. The molecule has 0 N–H and O–H groups in total. The Hall–Kier alpha value is -0.670. The molecule has 0 saturated carbocycles. The molecule has 0 spiro atoms. The van der Waals surface area contributed by atoms with Gasteiger partial charge in [-0.2, -0.15) is 0 Å². The molecule has 0 aliphatic carbocycles. The summed E-state index contributed by atoms with van der Waals surface area (Å²) < 4.78 is 0. The second kappa shape index (κ2) is 3.83. The van der Waals surface area contributed by atoms with E-state index in [0.717, 1.165) is 4.88 Å². The highest BCUT2D eigenvalue weighted by molar-refractivity contribution is 7.14. The highest BCUT2D eigenvalue weighted by Crippen LogP contribution is 2.15. The molecule has 66 valence electrons. The Morgan fingerprint density at radius 3 is 2.58 bits per heavy atom. The van der Waals surface area contributed by atoms with Crippen LogP contribution in [0.5, 0.6) is 0 Å². The van der Waals surface area contributed by atoms with Gasteiger partial charge in [-0.15, -0.1) is 11.3 Å². The number of nitrogens with zero attached hydrogens (tertiary/aromatic N) is 1. The SMILES string of the molecule is Cc1ccc(C(=O)CN(C)C)s1. The molecule has 0 unspecified atom stereocenters. The fraction of sp³-hybridized carbons (Fsp3) is 0.444. The zero-order valence-corrected chi connectivity index (χ0v) is 8.44. The molecule has 3 heteroatoms. The predicted octanol–water partition coefficient (Wildman–Crippen LogP) is 1.80. The van der Waals surface area contributed by atoms with E-state index in [-0.39, 0.29) is 5.78 Å². The molecule has 0 saturated heterocycles. The molecule has 1 aromatic rings. The van der Waals surface area contributed by atoms with Gasteiger partial charge >= 0.3 is 0 Å². The maximum absolute atomic E-state index is 11.4. The van der Waals surface area contributed by atoms with Gasteiger partial charge in [0.05, 0.1) is 11.4 Å². The van der Waals surface area contributed by atoms with E-state index >= 15 is 0 Å². The molecule has 1 aromatic heterocycles. The molecule has 0 aromatic carbocycles. The summed E-state index contributed by atoms with van der Waals surface area (Å²) in [5.74, 6) is 0.207. The topological polar surface area (TPSA) is 20.3 Å². The molecular weight excluding hydrogens is 170 g/mol. The summed E-state index contributed by atoms with van der Waals surface area (Å²) in [6.45, 7) is 2.51. The molecule has 0 aliphatic heterocycles. The lowest BCUT2D eigenvalue weighted by molar-refractivity contribution is 0.0962. The zero-order valence-electron chi connectivity index (χ0n) is 7.63. The number of hydrogen-bond acceptors (Lipinski definition) is 3. The number of carbonyl (C=O) groups is 1. The summed E-state index contributed by atoms with van der Waals surface area (Å²) >= 11 is 1.56. The van der Waals surface area contributed by atoms with Crippen molar-refractivity contribution in [3.63, 3.8) is 0 Å². The van der Waals surface area contributed by atoms with Gasteiger partial charge in [-0.25, -0.2) is 0 Å². The third-order valence-corrected chi connectivity index (χ3v) is 2.52. The highest BCUT2D eigenvalue weighted by Gasteiger charge is 2.08. The normalized spacial score (nSPS) is 10.7. The van der Waals surface area contributed by atoms with Crippen LogP contribution in [0.25, 0.3) is 0 Å². The first kappa shape index (κ1) is 9.42. The van der Waals surface area contributed by atoms with E-state index in [2.05, 4.69) is 0 Å². The summed E-state index contributed by atoms with van der Waals surface area (Å²) in [5.41, 5.74) is 0. The Balaban J connectivity index is 2.65. The third-order valence-electron chi connectivity index (χ3n) is 1.48. The van der Waals surface area contributed by atoms with Crippen LogP contribution in [0.15, 0.2) is 12.1 Å². The van der Waals surface area contributed by atoms with Gasteiger partial charge in [-0.1, -0.05) is 0 Å². The summed E-state index contributed by atoms with van der Waals surface area (Å²) in [6.07, 6.45) is 0. The number of thiophene rings is 1. The maximum Gasteiger partial charge on any atom is 0.186 e. The van der Waals surface area contributed by atoms with Crippen LogP contribution >= 0.6 is 11.3 Å². The van der Waals surface area contributed by atoms with Gasteiger partial charge in [0.1, 0.15) is 0 Å². The van der Waals surface area contributed by atoms with Crippen LogP contribution in [-0.4, -0.2) is 31.3 Å². The Labute approximate surface area is 76.8 Å². The van der Waals surface area contributed by atoms with E-state index in [1.54, 1.807) is 11.3 Å². The molecule has 0 bridgehead atoms. The van der Waals surface area contributed by atoms with Crippen molar-refractivity contribution < 1.29 is 4.79 Å². The second-order valence-electron chi connectivity index (χ2n) is 3.07. The lowest BCUT2D eigenvalue weighted by atomic mass is 10.3. The van der Waals surface area contributed by atoms with Crippen LogP contribution < -0.4 is 0 Å². The molecule has 0 amide bonds. The Bertz CT molecular complexity index is 278. The number of aryl methyl sites for hydroxylation is 1. The molecular formula is C9H13NOS. The van der Waals surface area contributed by atoms with E-state index in [1.807, 2.05) is 38.1 Å². The van der Waals surface area contributed by atoms with Gasteiger partial charge in [0.15, 0.2) is 5.78 Å². The summed E-state index contributed by atoms with van der Waals surface area (Å²) in [4.78, 5) is 15.4. The smallest absolute Gasteiger partial charge is 0.186 e. The predicted molar refractivity (Wildman–Crippen MR) is 51.9 cm³/mol. The van der Waals surface area contributed by atoms with Crippen LogP contribution in [0.4, 0.5) is 0 Å². The van der Waals surface area contributed by atoms with Crippen LogP contribution in [0.3, 0.4) is 0 Å². The first-order valence-electron chi connectivity index (χ1n) is 3.84. The minimum atomic E-state index is 0.207. The van der Waals surface area contributed by atoms with Gasteiger partial charge in [-0.05, 0) is 33.2 Å². The van der Waals surface area contributed by atoms with E-state index in [9.17, 15) is 4.79 Å². The average molecular weight is 183 g/mol. The summed E-state index contributed by atoms with van der Waals surface area (Å²) in [5, 5.41) is 0. The monoisotopic (exact) mass is 183 g/mol. The van der Waals surface area contributed by atoms with Crippen LogP contribution in [0.1, 0.15) is 14.5 Å². The molecule has 0 atom stereocenters. The molecule has 1 heterocycles. The van der Waals surface area contributed by atoms with Crippen LogP contribution in [0, 0.1) is 6.92 Å². The number of rotatable bonds is 3. The number of carbonyl (C=O) groups excluding carboxylic acids is 1. The van der Waals surface area contributed by atoms with Crippen molar-refractivity contribution in [2.24, 2.45) is 0 Å². The van der Waals surface area contributed by atoms with Crippen molar-refractivity contribution >= 4 is 17.1 Å². The van der Waals surface area contributed by atoms with Crippen molar-refractivity contribution in [3.05, 3.63) is 21.9 Å². The molecule has 0 radical (unpaired) electrons. The minimum Gasteiger partial charge on any atom is -0.302 e. The lowest BCUT2D eigenvalue weighted by Gasteiger charge is -2.05. The Kier molecular flexibility index (Phi) is 3.00. The lowest BCUT2D eigenvalue weighted by Crippen LogP contribution is -2.20. The van der Waals surface area contributed by atoms with Crippen LogP contribution in [-0.2, 0) is 0 Å². The van der Waals surface area contributed by atoms with Crippen LogP contribution in [0.2, 0.25) is 0 Å². The second-order valence-corrected chi connectivity index (χ2v) is 4.36.